The molecule has 4 rings (SSSR count). The third-order valence-corrected chi connectivity index (χ3v) is 6.09. The molecule has 2 aromatic heterocycles. The molecule has 0 spiro atoms. The number of aromatic nitrogens is 4. The van der Waals surface area contributed by atoms with Gasteiger partial charge in [0.15, 0.2) is 0 Å². The van der Waals surface area contributed by atoms with Gasteiger partial charge in [-0.25, -0.2) is 9.59 Å². The number of nitrogens with zero attached hydrogens (tertiary/aromatic N) is 3. The van der Waals surface area contributed by atoms with Crippen molar-refractivity contribution in [2.75, 3.05) is 0 Å². The third kappa shape index (κ3) is 2.59. The van der Waals surface area contributed by atoms with Crippen LogP contribution < -0.4 is 22.5 Å². The molecule has 0 amide bonds. The Labute approximate surface area is 149 Å². The van der Waals surface area contributed by atoms with E-state index < -0.39 is 22.5 Å². The first-order valence-electron chi connectivity index (χ1n) is 9.47. The summed E-state index contributed by atoms with van der Waals surface area (Å²) in [4.78, 5) is 53.2. The van der Waals surface area contributed by atoms with E-state index in [2.05, 4.69) is 4.98 Å². The number of rotatable bonds is 4. The Hall–Kier alpha value is -2.38. The monoisotopic (exact) mass is 360 g/mol. The summed E-state index contributed by atoms with van der Waals surface area (Å²) in [6.07, 6.45) is 8.00. The predicted molar refractivity (Wildman–Crippen MR) is 97.8 cm³/mol. The average Bonchev–Trinajstić information content (AvgIpc) is 3.09. The summed E-state index contributed by atoms with van der Waals surface area (Å²) in [6, 6.07) is -0.141. The van der Waals surface area contributed by atoms with E-state index in [0.717, 1.165) is 43.1 Å². The van der Waals surface area contributed by atoms with E-state index in [0.29, 0.717) is 12.5 Å². The first-order valence-corrected chi connectivity index (χ1v) is 9.47. The molecule has 2 aliphatic rings. The van der Waals surface area contributed by atoms with Gasteiger partial charge in [-0.2, -0.15) is 0 Å². The van der Waals surface area contributed by atoms with Gasteiger partial charge in [0.25, 0.3) is 11.1 Å². The van der Waals surface area contributed by atoms with E-state index in [1.54, 1.807) is 0 Å². The smallest absolute Gasteiger partial charge is 0.301 e. The lowest BCUT2D eigenvalue weighted by molar-refractivity contribution is 0.297. The van der Waals surface area contributed by atoms with Gasteiger partial charge in [0, 0.05) is 19.6 Å². The van der Waals surface area contributed by atoms with E-state index in [-0.39, 0.29) is 17.1 Å². The summed E-state index contributed by atoms with van der Waals surface area (Å²) in [5.74, 6) is 0.547. The highest BCUT2D eigenvalue weighted by Crippen LogP contribution is 2.29. The maximum Gasteiger partial charge on any atom is 0.331 e. The van der Waals surface area contributed by atoms with Crippen LogP contribution in [0.25, 0.3) is 11.0 Å². The van der Waals surface area contributed by atoms with Crippen LogP contribution in [0.2, 0.25) is 0 Å². The van der Waals surface area contributed by atoms with Gasteiger partial charge in [0.2, 0.25) is 0 Å². The molecule has 2 aliphatic carbocycles. The maximum atomic E-state index is 13.1. The number of fused-ring (bicyclic) bond motifs is 1. The minimum absolute atomic E-state index is 0.0441. The van der Waals surface area contributed by atoms with Crippen LogP contribution in [0.1, 0.15) is 57.4 Å². The summed E-state index contributed by atoms with van der Waals surface area (Å²) in [6.45, 7) is 0.389. The molecule has 0 atom stereocenters. The zero-order valence-electron chi connectivity index (χ0n) is 15.0. The van der Waals surface area contributed by atoms with Gasteiger partial charge < -0.3 is 4.98 Å². The van der Waals surface area contributed by atoms with Crippen LogP contribution in [0.5, 0.6) is 0 Å². The Morgan fingerprint density at radius 1 is 0.962 bits per heavy atom. The molecule has 2 fully saturated rings. The Balaban J connectivity index is 1.93. The third-order valence-electron chi connectivity index (χ3n) is 6.09. The molecule has 2 aromatic rings. The second kappa shape index (κ2) is 6.41. The fourth-order valence-corrected chi connectivity index (χ4v) is 4.27. The van der Waals surface area contributed by atoms with Crippen molar-refractivity contribution in [3.63, 3.8) is 0 Å². The summed E-state index contributed by atoms with van der Waals surface area (Å²) in [5.41, 5.74) is -2.23. The minimum Gasteiger partial charge on any atom is -0.301 e. The van der Waals surface area contributed by atoms with Gasteiger partial charge >= 0.3 is 11.4 Å². The first kappa shape index (κ1) is 17.1. The zero-order valence-corrected chi connectivity index (χ0v) is 15.0. The first-order chi connectivity index (χ1) is 12.5. The van der Waals surface area contributed by atoms with Crippen molar-refractivity contribution in [3.8, 4) is 0 Å². The van der Waals surface area contributed by atoms with Crippen LogP contribution in [0, 0.1) is 5.92 Å². The molecule has 0 bridgehead atoms. The van der Waals surface area contributed by atoms with Crippen molar-refractivity contribution in [2.24, 2.45) is 13.0 Å². The van der Waals surface area contributed by atoms with E-state index in [1.165, 1.54) is 29.0 Å². The molecule has 26 heavy (non-hydrogen) atoms. The van der Waals surface area contributed by atoms with Crippen LogP contribution in [0.4, 0.5) is 0 Å². The van der Waals surface area contributed by atoms with E-state index in [9.17, 15) is 19.2 Å². The highest BCUT2D eigenvalue weighted by Gasteiger charge is 2.26. The predicted octanol–water partition coefficient (Wildman–Crippen LogP) is 0.855. The summed E-state index contributed by atoms with van der Waals surface area (Å²) in [7, 11) is 1.38. The highest BCUT2D eigenvalue weighted by molar-refractivity contribution is 5.72. The van der Waals surface area contributed by atoms with Gasteiger partial charge in [-0.1, -0.05) is 25.7 Å². The standard InChI is InChI=1S/C18H24N4O4/c1-20-15(23)13-14(16(24)22(17(25)19-13)12-7-4-8-12)21(18(20)26)10-9-11-5-2-3-6-11/h11-12H,2-10H2,1H3,(H,19,25). The summed E-state index contributed by atoms with van der Waals surface area (Å²) in [5, 5.41) is 0. The topological polar surface area (TPSA) is 98.9 Å². The molecule has 2 heterocycles. The largest absolute Gasteiger partial charge is 0.331 e. The number of hydrogen-bond donors (Lipinski definition) is 1. The summed E-state index contributed by atoms with van der Waals surface area (Å²) < 4.78 is 3.55. The number of hydrogen-bond acceptors (Lipinski definition) is 4. The number of nitrogens with one attached hydrogen (secondary N) is 1. The Bertz CT molecular complexity index is 1080. The molecule has 8 nitrogen and oxygen atoms in total. The van der Waals surface area contributed by atoms with Gasteiger partial charge in [0.1, 0.15) is 11.0 Å². The van der Waals surface area contributed by atoms with Crippen LogP contribution in [0.3, 0.4) is 0 Å². The van der Waals surface area contributed by atoms with Gasteiger partial charge in [-0.05, 0) is 31.6 Å². The van der Waals surface area contributed by atoms with Crippen molar-refractivity contribution >= 4 is 11.0 Å². The van der Waals surface area contributed by atoms with Gasteiger partial charge in [0.05, 0.1) is 0 Å². The molecular formula is C18H24N4O4. The molecule has 8 heteroatoms. The quantitative estimate of drug-likeness (QED) is 0.874. The Morgan fingerprint density at radius 3 is 2.27 bits per heavy atom. The maximum absolute atomic E-state index is 13.1. The van der Waals surface area contributed by atoms with E-state index in [4.69, 9.17) is 0 Å². The van der Waals surface area contributed by atoms with Crippen molar-refractivity contribution in [3.05, 3.63) is 41.7 Å². The van der Waals surface area contributed by atoms with Crippen LogP contribution in [-0.4, -0.2) is 18.7 Å². The number of aryl methyl sites for hydroxylation is 1. The SMILES string of the molecule is Cn1c(=O)c2[nH]c(=O)n(C3CCC3)c(=O)c2n(CCC2CCCC2)c1=O. The normalized spacial score (nSPS) is 18.5. The highest BCUT2D eigenvalue weighted by atomic mass is 16.2. The molecule has 0 saturated heterocycles. The second-order valence-corrected chi connectivity index (χ2v) is 7.65. The molecule has 0 aliphatic heterocycles. The molecule has 0 aromatic carbocycles. The van der Waals surface area contributed by atoms with Crippen LogP contribution >= 0.6 is 0 Å². The molecule has 2 saturated carbocycles. The molecule has 0 radical (unpaired) electrons. The number of aromatic amines is 1. The fraction of sp³-hybridized carbons (Fsp3) is 0.667. The molecule has 0 unspecified atom stereocenters. The van der Waals surface area contributed by atoms with Gasteiger partial charge in [-0.3, -0.25) is 23.3 Å². The lowest BCUT2D eigenvalue weighted by Crippen LogP contribution is -2.47. The lowest BCUT2D eigenvalue weighted by atomic mass is 9.93. The molecule has 140 valence electrons. The number of H-pyrrole nitrogens is 1. The Kier molecular flexibility index (Phi) is 4.20. The van der Waals surface area contributed by atoms with Crippen LogP contribution in [-0.2, 0) is 13.6 Å². The van der Waals surface area contributed by atoms with E-state index >= 15 is 0 Å². The molecular weight excluding hydrogens is 336 g/mol. The van der Waals surface area contributed by atoms with Crippen molar-refractivity contribution in [2.45, 2.75) is 64.0 Å². The van der Waals surface area contributed by atoms with Crippen molar-refractivity contribution in [1.29, 1.82) is 0 Å². The van der Waals surface area contributed by atoms with Crippen LogP contribution in [0.15, 0.2) is 19.2 Å². The van der Waals surface area contributed by atoms with E-state index in [1.807, 2.05) is 0 Å². The molecule has 1 N–H and O–H groups in total. The lowest BCUT2D eigenvalue weighted by Gasteiger charge is -2.27. The zero-order chi connectivity index (χ0) is 18.4. The minimum atomic E-state index is -0.628. The van der Waals surface area contributed by atoms with Crippen molar-refractivity contribution in [1.82, 2.24) is 18.7 Å². The summed E-state index contributed by atoms with van der Waals surface area (Å²) >= 11 is 0. The average molecular weight is 360 g/mol. The Morgan fingerprint density at radius 2 is 1.65 bits per heavy atom. The van der Waals surface area contributed by atoms with Crippen molar-refractivity contribution < 1.29 is 0 Å². The van der Waals surface area contributed by atoms with Gasteiger partial charge in [-0.15, -0.1) is 0 Å². The fourth-order valence-electron chi connectivity index (χ4n) is 4.27. The second-order valence-electron chi connectivity index (χ2n) is 7.65.